The summed E-state index contributed by atoms with van der Waals surface area (Å²) < 4.78 is 60.2. The Balaban J connectivity index is 0.746. The normalized spacial score (nSPS) is 52.8. The number of aliphatic hydroxyl groups excluding tert-OH is 6. The Labute approximate surface area is 398 Å². The molecule has 0 amide bonds. The maximum atomic E-state index is 12.6. The van der Waals surface area contributed by atoms with Crippen molar-refractivity contribution in [2.45, 2.75) is 235 Å². The van der Waals surface area contributed by atoms with Gasteiger partial charge in [0.1, 0.15) is 55.4 Å². The van der Waals surface area contributed by atoms with Gasteiger partial charge in [0.25, 0.3) is 0 Å². The highest BCUT2D eigenvalue weighted by Gasteiger charge is 2.68. The quantitative estimate of drug-likeness (QED) is 0.115. The zero-order valence-electron chi connectivity index (χ0n) is 40.2. The molecule has 7 N–H and O–H groups in total. The standard InChI is InChI=1S/C49H76O19/c1-22-43(66-38-18-33(53)44(23(2)61-38)67-39-19-34(63-25(4)51)45(24(3)62-39)68-46-42(57)41(56)40(55)35(20-50)65-46)32(52)17-37(60-22)64-28-9-12-47(5)27(16-28)7-8-31-30(47)10-13-48(6)29(11-14-49(31,48)58)26-15-36(54)59-21-26/h15,22-24,27-35,37-46,50,52-53,55-58H,7-14,16-21H2,1-6H3. The molecule has 25 atom stereocenters. The molecular formula is C49H76O19. The SMILES string of the molecule is CC(=O)OC1CC(OC2C(O)CC(OC3C(O)CC(OC4CCC5(C)C(CCC6C5CCC5(C)C(C7=CC(=O)OC7)CCC65O)C4)OC3C)OC2C)OC(C)C1OC1OC(CO)C(O)C(O)C1O. The average molecular weight is 969 g/mol. The number of carbonyl (C=O) groups is 2. The molecular weight excluding hydrogens is 893 g/mol. The van der Waals surface area contributed by atoms with E-state index in [0.717, 1.165) is 63.4 Å². The second-order valence-corrected chi connectivity index (χ2v) is 22.1. The number of ether oxygens (including phenoxy) is 10. The number of cyclic esters (lactones) is 1. The van der Waals surface area contributed by atoms with Gasteiger partial charge in [-0.15, -0.1) is 0 Å². The highest BCUT2D eigenvalue weighted by atomic mass is 16.8. The van der Waals surface area contributed by atoms with Crippen LogP contribution < -0.4 is 0 Å². The van der Waals surface area contributed by atoms with Crippen molar-refractivity contribution < 1.29 is 92.7 Å². The Morgan fingerprint density at radius 2 is 1.34 bits per heavy atom. The molecule has 4 saturated heterocycles. The maximum absolute atomic E-state index is 12.6. The van der Waals surface area contributed by atoms with Gasteiger partial charge in [0.15, 0.2) is 25.2 Å². The van der Waals surface area contributed by atoms with Crippen LogP contribution >= 0.6 is 0 Å². The lowest BCUT2D eigenvalue weighted by atomic mass is 9.43. The highest BCUT2D eigenvalue weighted by Crippen LogP contribution is 2.70. The number of carbonyl (C=O) groups excluding carboxylic acids is 2. The summed E-state index contributed by atoms with van der Waals surface area (Å²) in [6.07, 6.45) is -7.65. The lowest BCUT2D eigenvalue weighted by Gasteiger charge is -2.64. The number of rotatable bonds is 11. The van der Waals surface area contributed by atoms with Crippen LogP contribution in [0.15, 0.2) is 11.6 Å². The Hall–Kier alpha value is -1.92. The molecule has 386 valence electrons. The molecule has 0 spiro atoms. The fourth-order valence-corrected chi connectivity index (χ4v) is 14.6. The van der Waals surface area contributed by atoms with E-state index in [2.05, 4.69) is 13.8 Å². The molecule has 8 fully saturated rings. The molecule has 19 nitrogen and oxygen atoms in total. The third kappa shape index (κ3) is 9.36. The monoisotopic (exact) mass is 968 g/mol. The van der Waals surface area contributed by atoms with Gasteiger partial charge in [0, 0.05) is 37.7 Å². The van der Waals surface area contributed by atoms with Crippen molar-refractivity contribution in [1.29, 1.82) is 0 Å². The third-order valence-electron chi connectivity index (χ3n) is 18.3. The summed E-state index contributed by atoms with van der Waals surface area (Å²) in [7, 11) is 0. The van der Waals surface area contributed by atoms with E-state index in [1.54, 1.807) is 19.9 Å². The van der Waals surface area contributed by atoms with Crippen LogP contribution in [-0.4, -0.2) is 177 Å². The molecule has 0 aromatic heterocycles. The van der Waals surface area contributed by atoms with E-state index in [-0.39, 0.29) is 54.0 Å². The molecule has 9 rings (SSSR count). The molecule has 4 aliphatic carbocycles. The molecule has 25 unspecified atom stereocenters. The molecule has 0 aromatic carbocycles. The number of aliphatic hydroxyl groups is 7. The highest BCUT2D eigenvalue weighted by molar-refractivity contribution is 5.85. The predicted octanol–water partition coefficient (Wildman–Crippen LogP) is 1.64. The molecule has 0 radical (unpaired) electrons. The van der Waals surface area contributed by atoms with Gasteiger partial charge in [-0.25, -0.2) is 4.79 Å². The molecule has 19 heteroatoms. The Bertz CT molecular complexity index is 1810. The zero-order chi connectivity index (χ0) is 48.6. The van der Waals surface area contributed by atoms with Crippen molar-refractivity contribution in [2.24, 2.45) is 34.5 Å². The number of hydrogen-bond donors (Lipinski definition) is 7. The summed E-state index contributed by atoms with van der Waals surface area (Å²) in [6.45, 7) is 10.8. The second-order valence-electron chi connectivity index (χ2n) is 22.1. The van der Waals surface area contributed by atoms with Crippen LogP contribution in [0.2, 0.25) is 0 Å². The summed E-state index contributed by atoms with van der Waals surface area (Å²) in [5.41, 5.74) is 0.0925. The topological polar surface area (TPSA) is 268 Å². The molecule has 9 aliphatic rings. The summed E-state index contributed by atoms with van der Waals surface area (Å²) in [6, 6.07) is 0. The van der Waals surface area contributed by atoms with Gasteiger partial charge in [-0.2, -0.15) is 0 Å². The largest absolute Gasteiger partial charge is 0.459 e. The van der Waals surface area contributed by atoms with Crippen LogP contribution in [-0.2, 0) is 57.0 Å². The number of esters is 2. The van der Waals surface area contributed by atoms with Gasteiger partial charge >= 0.3 is 11.9 Å². The van der Waals surface area contributed by atoms with Gasteiger partial charge < -0.3 is 83.1 Å². The fraction of sp³-hybridized carbons (Fsp3) is 0.918. The van der Waals surface area contributed by atoms with Crippen LogP contribution in [0.1, 0.15) is 119 Å². The van der Waals surface area contributed by atoms with E-state index in [9.17, 15) is 45.3 Å². The summed E-state index contributed by atoms with van der Waals surface area (Å²) in [4.78, 5) is 24.2. The van der Waals surface area contributed by atoms with Gasteiger partial charge in [0.2, 0.25) is 0 Å². The number of fused-ring (bicyclic) bond motifs is 5. The lowest BCUT2D eigenvalue weighted by Crippen LogP contribution is -2.62. The minimum atomic E-state index is -1.68. The van der Waals surface area contributed by atoms with E-state index in [4.69, 9.17) is 47.4 Å². The second kappa shape index (κ2) is 19.8. The minimum absolute atomic E-state index is 0.0126. The van der Waals surface area contributed by atoms with Crippen molar-refractivity contribution in [1.82, 2.24) is 0 Å². The van der Waals surface area contributed by atoms with Gasteiger partial charge in [0.05, 0.1) is 48.8 Å². The van der Waals surface area contributed by atoms with Gasteiger partial charge in [-0.05, 0) is 113 Å². The van der Waals surface area contributed by atoms with E-state index in [1.807, 2.05) is 6.92 Å². The first-order valence-electron chi connectivity index (χ1n) is 25.2. The van der Waals surface area contributed by atoms with Crippen LogP contribution in [0.5, 0.6) is 0 Å². The molecule has 4 saturated carbocycles. The first-order valence-corrected chi connectivity index (χ1v) is 25.2. The first-order chi connectivity index (χ1) is 32.2. The molecule has 68 heavy (non-hydrogen) atoms. The van der Waals surface area contributed by atoms with Crippen molar-refractivity contribution in [3.8, 4) is 0 Å². The fourth-order valence-electron chi connectivity index (χ4n) is 14.6. The molecule has 0 aromatic rings. The summed E-state index contributed by atoms with van der Waals surface area (Å²) in [5.74, 6) is 0.357. The van der Waals surface area contributed by atoms with Crippen LogP contribution in [0.25, 0.3) is 0 Å². The summed E-state index contributed by atoms with van der Waals surface area (Å²) >= 11 is 0. The molecule has 5 aliphatic heterocycles. The van der Waals surface area contributed by atoms with Gasteiger partial charge in [-0.1, -0.05) is 13.8 Å². The van der Waals surface area contributed by atoms with Crippen LogP contribution in [0, 0.1) is 34.5 Å². The Kier molecular flexibility index (Phi) is 14.9. The van der Waals surface area contributed by atoms with E-state index >= 15 is 0 Å². The van der Waals surface area contributed by atoms with E-state index < -0.39 is 123 Å². The minimum Gasteiger partial charge on any atom is -0.459 e. The first kappa shape index (κ1) is 51.0. The Morgan fingerprint density at radius 3 is 1.94 bits per heavy atom. The van der Waals surface area contributed by atoms with Crippen LogP contribution in [0.4, 0.5) is 0 Å². The predicted molar refractivity (Wildman–Crippen MR) is 233 cm³/mol. The van der Waals surface area contributed by atoms with Crippen molar-refractivity contribution in [3.63, 3.8) is 0 Å². The lowest BCUT2D eigenvalue weighted by molar-refractivity contribution is -0.355. The maximum Gasteiger partial charge on any atom is 0.331 e. The molecule has 5 heterocycles. The molecule has 0 bridgehead atoms. The smallest absolute Gasteiger partial charge is 0.331 e. The van der Waals surface area contributed by atoms with E-state index in [0.29, 0.717) is 18.4 Å². The Morgan fingerprint density at radius 1 is 0.706 bits per heavy atom. The van der Waals surface area contributed by atoms with Crippen LogP contribution in [0.3, 0.4) is 0 Å². The summed E-state index contributed by atoms with van der Waals surface area (Å²) in [5, 5.41) is 76.1. The number of hydrogen-bond acceptors (Lipinski definition) is 19. The van der Waals surface area contributed by atoms with Crippen molar-refractivity contribution in [2.75, 3.05) is 13.2 Å². The van der Waals surface area contributed by atoms with Gasteiger partial charge in [-0.3, -0.25) is 4.79 Å². The average Bonchev–Trinajstić information content (AvgIpc) is 3.83. The van der Waals surface area contributed by atoms with E-state index in [1.165, 1.54) is 6.92 Å². The zero-order valence-corrected chi connectivity index (χ0v) is 40.2. The van der Waals surface area contributed by atoms with Crippen molar-refractivity contribution in [3.05, 3.63) is 11.6 Å². The van der Waals surface area contributed by atoms with Crippen molar-refractivity contribution >= 4 is 11.9 Å². The third-order valence-corrected chi connectivity index (χ3v) is 18.3.